The zero-order valence-corrected chi connectivity index (χ0v) is 11.1. The minimum atomic E-state index is -0.624. The highest BCUT2D eigenvalue weighted by molar-refractivity contribution is 7.80. The summed E-state index contributed by atoms with van der Waals surface area (Å²) in [6.45, 7) is 2.16. The van der Waals surface area contributed by atoms with Gasteiger partial charge in [-0.3, -0.25) is 9.59 Å². The monoisotopic (exact) mass is 270 g/mol. The Labute approximate surface area is 111 Å². The number of thiol groups is 1. The molecule has 0 saturated carbocycles. The summed E-state index contributed by atoms with van der Waals surface area (Å²) in [6, 6.07) is 3.98. The normalized spacial score (nSPS) is 10.0. The second-order valence-electron chi connectivity index (χ2n) is 3.78. The van der Waals surface area contributed by atoms with Crippen LogP contribution in [0.3, 0.4) is 0 Å². The Morgan fingerprint density at radius 3 is 2.72 bits per heavy atom. The molecule has 4 nitrogen and oxygen atoms in total. The number of nitrogens with zero attached hydrogens (tertiary/aromatic N) is 1. The smallest absolute Gasteiger partial charge is 0.257 e. The topological polar surface area (TPSA) is 49.4 Å². The van der Waals surface area contributed by atoms with Gasteiger partial charge in [-0.2, -0.15) is 0 Å². The van der Waals surface area contributed by atoms with E-state index < -0.39 is 11.7 Å². The van der Waals surface area contributed by atoms with Crippen molar-refractivity contribution in [3.63, 3.8) is 0 Å². The Morgan fingerprint density at radius 1 is 1.44 bits per heavy atom. The number of halogens is 1. The number of likely N-dealkylation sites (N-methyl/N-ethyl adjacent to an activating group) is 2. The molecule has 2 amide bonds. The van der Waals surface area contributed by atoms with E-state index in [4.69, 9.17) is 0 Å². The lowest BCUT2D eigenvalue weighted by Gasteiger charge is -2.17. The highest BCUT2D eigenvalue weighted by Gasteiger charge is 2.18. The van der Waals surface area contributed by atoms with Crippen molar-refractivity contribution in [2.45, 2.75) is 11.8 Å². The van der Waals surface area contributed by atoms with Crippen LogP contribution in [0.15, 0.2) is 23.1 Å². The molecule has 1 N–H and O–H groups in total. The third-order valence-electron chi connectivity index (χ3n) is 2.28. The quantitative estimate of drug-likeness (QED) is 0.811. The van der Waals surface area contributed by atoms with Gasteiger partial charge in [-0.25, -0.2) is 4.39 Å². The lowest BCUT2D eigenvalue weighted by atomic mass is 10.2. The number of rotatable bonds is 4. The summed E-state index contributed by atoms with van der Waals surface area (Å²) in [5.41, 5.74) is -0.0886. The number of hydrogen-bond donors (Lipinski definition) is 2. The molecule has 0 unspecified atom stereocenters. The first-order valence-electron chi connectivity index (χ1n) is 5.46. The third-order valence-corrected chi connectivity index (χ3v) is 2.56. The molecule has 6 heteroatoms. The van der Waals surface area contributed by atoms with Crippen LogP contribution in [0.1, 0.15) is 17.3 Å². The minimum absolute atomic E-state index is 0.0886. The average molecular weight is 270 g/mol. The van der Waals surface area contributed by atoms with Crippen LogP contribution in [-0.2, 0) is 4.79 Å². The first-order chi connectivity index (χ1) is 8.45. The number of carbonyl (C=O) groups is 2. The van der Waals surface area contributed by atoms with Crippen LogP contribution in [0, 0.1) is 5.82 Å². The van der Waals surface area contributed by atoms with Gasteiger partial charge in [-0.1, -0.05) is 0 Å². The summed E-state index contributed by atoms with van der Waals surface area (Å²) in [5.74, 6) is -1.45. The van der Waals surface area contributed by atoms with Gasteiger partial charge in [0.1, 0.15) is 5.82 Å². The zero-order valence-electron chi connectivity index (χ0n) is 10.2. The molecule has 1 aromatic rings. The molecule has 0 spiro atoms. The second-order valence-corrected chi connectivity index (χ2v) is 4.30. The summed E-state index contributed by atoms with van der Waals surface area (Å²) >= 11 is 4.05. The van der Waals surface area contributed by atoms with Gasteiger partial charge in [0.2, 0.25) is 5.91 Å². The standard InChI is InChI=1S/C12H15FN2O2S/c1-3-14-11(16)7-15(2)12(17)9-6-8(18)4-5-10(9)13/h4-6,18H,3,7H2,1-2H3,(H,14,16). The fourth-order valence-corrected chi connectivity index (χ4v) is 1.63. The van der Waals surface area contributed by atoms with Gasteiger partial charge in [0.25, 0.3) is 5.91 Å². The fraction of sp³-hybridized carbons (Fsp3) is 0.333. The SMILES string of the molecule is CCNC(=O)CN(C)C(=O)c1cc(S)ccc1F. The highest BCUT2D eigenvalue weighted by Crippen LogP contribution is 2.15. The maximum atomic E-state index is 13.5. The van der Waals surface area contributed by atoms with Crippen LogP contribution < -0.4 is 5.32 Å². The summed E-state index contributed by atoms with van der Waals surface area (Å²) in [7, 11) is 1.45. The molecule has 0 aliphatic heterocycles. The molecular weight excluding hydrogens is 255 g/mol. The lowest BCUT2D eigenvalue weighted by molar-refractivity contribution is -0.121. The largest absolute Gasteiger partial charge is 0.355 e. The van der Waals surface area contributed by atoms with Gasteiger partial charge in [0, 0.05) is 18.5 Å². The Kier molecular flexibility index (Phi) is 5.15. The Morgan fingerprint density at radius 2 is 2.11 bits per heavy atom. The van der Waals surface area contributed by atoms with Gasteiger partial charge < -0.3 is 10.2 Å². The molecule has 0 aliphatic rings. The Balaban J connectivity index is 2.80. The summed E-state index contributed by atoms with van der Waals surface area (Å²) < 4.78 is 13.5. The van der Waals surface area contributed by atoms with Gasteiger partial charge in [0.05, 0.1) is 12.1 Å². The van der Waals surface area contributed by atoms with Crippen molar-refractivity contribution in [1.82, 2.24) is 10.2 Å². The number of benzene rings is 1. The molecule has 0 bridgehead atoms. The number of hydrogen-bond acceptors (Lipinski definition) is 3. The van der Waals surface area contributed by atoms with E-state index in [1.807, 2.05) is 0 Å². The van der Waals surface area contributed by atoms with E-state index in [1.54, 1.807) is 6.92 Å². The van der Waals surface area contributed by atoms with Crippen molar-refractivity contribution >= 4 is 24.4 Å². The number of amides is 2. The van der Waals surface area contributed by atoms with Gasteiger partial charge in [0.15, 0.2) is 0 Å². The summed E-state index contributed by atoms with van der Waals surface area (Å²) in [4.78, 5) is 24.9. The van der Waals surface area contributed by atoms with Gasteiger partial charge in [-0.15, -0.1) is 12.6 Å². The van der Waals surface area contributed by atoms with E-state index in [2.05, 4.69) is 17.9 Å². The van der Waals surface area contributed by atoms with Crippen molar-refractivity contribution in [1.29, 1.82) is 0 Å². The predicted octanol–water partition coefficient (Wildman–Crippen LogP) is 1.32. The molecule has 1 rings (SSSR count). The Hall–Kier alpha value is -1.56. The molecule has 0 fully saturated rings. The highest BCUT2D eigenvalue weighted by atomic mass is 32.1. The number of carbonyl (C=O) groups excluding carboxylic acids is 2. The van der Waals surface area contributed by atoms with Crippen molar-refractivity contribution < 1.29 is 14.0 Å². The summed E-state index contributed by atoms with van der Waals surface area (Å²) in [5, 5.41) is 2.57. The van der Waals surface area contributed by atoms with Crippen LogP contribution in [-0.4, -0.2) is 36.9 Å². The first kappa shape index (κ1) is 14.5. The van der Waals surface area contributed by atoms with Gasteiger partial charge >= 0.3 is 0 Å². The average Bonchev–Trinajstić information content (AvgIpc) is 2.31. The van der Waals surface area contributed by atoms with Crippen LogP contribution in [0.2, 0.25) is 0 Å². The maximum Gasteiger partial charge on any atom is 0.257 e. The molecular formula is C12H15FN2O2S. The van der Waals surface area contributed by atoms with Crippen LogP contribution >= 0.6 is 12.6 Å². The second kappa shape index (κ2) is 6.39. The minimum Gasteiger partial charge on any atom is -0.355 e. The van der Waals surface area contributed by atoms with Crippen molar-refractivity contribution in [2.24, 2.45) is 0 Å². The zero-order chi connectivity index (χ0) is 13.7. The lowest BCUT2D eigenvalue weighted by Crippen LogP contribution is -2.38. The first-order valence-corrected chi connectivity index (χ1v) is 5.91. The molecule has 18 heavy (non-hydrogen) atoms. The van der Waals surface area contributed by atoms with E-state index in [9.17, 15) is 14.0 Å². The molecule has 98 valence electrons. The van der Waals surface area contributed by atoms with E-state index in [0.717, 1.165) is 4.90 Å². The fourth-order valence-electron chi connectivity index (χ4n) is 1.42. The van der Waals surface area contributed by atoms with E-state index in [1.165, 1.54) is 25.2 Å². The van der Waals surface area contributed by atoms with Crippen LogP contribution in [0.5, 0.6) is 0 Å². The molecule has 0 saturated heterocycles. The van der Waals surface area contributed by atoms with Crippen molar-refractivity contribution in [2.75, 3.05) is 20.1 Å². The predicted molar refractivity (Wildman–Crippen MR) is 69.3 cm³/mol. The van der Waals surface area contributed by atoms with Crippen LogP contribution in [0.25, 0.3) is 0 Å². The van der Waals surface area contributed by atoms with Crippen LogP contribution in [0.4, 0.5) is 4.39 Å². The molecule has 0 atom stereocenters. The van der Waals surface area contributed by atoms with E-state index in [0.29, 0.717) is 11.4 Å². The maximum absolute atomic E-state index is 13.5. The van der Waals surface area contributed by atoms with E-state index in [-0.39, 0.29) is 18.0 Å². The van der Waals surface area contributed by atoms with Gasteiger partial charge in [-0.05, 0) is 25.1 Å². The number of nitrogens with one attached hydrogen (secondary N) is 1. The summed E-state index contributed by atoms with van der Waals surface area (Å²) in [6.07, 6.45) is 0. The molecule has 0 heterocycles. The molecule has 1 aromatic carbocycles. The Bertz CT molecular complexity index is 465. The van der Waals surface area contributed by atoms with E-state index >= 15 is 0 Å². The van der Waals surface area contributed by atoms with Crippen molar-refractivity contribution in [3.05, 3.63) is 29.6 Å². The molecule has 0 radical (unpaired) electrons. The van der Waals surface area contributed by atoms with Crippen molar-refractivity contribution in [3.8, 4) is 0 Å². The third kappa shape index (κ3) is 3.73. The molecule has 0 aromatic heterocycles. The molecule has 0 aliphatic carbocycles.